The fourth-order valence-electron chi connectivity index (χ4n) is 1.09. The van der Waals surface area contributed by atoms with Gasteiger partial charge in [-0.1, -0.05) is 30.2 Å². The van der Waals surface area contributed by atoms with E-state index in [1.165, 1.54) is 7.11 Å². The zero-order chi connectivity index (χ0) is 13.2. The van der Waals surface area contributed by atoms with Crippen LogP contribution >= 0.6 is 0 Å². The molecule has 0 saturated heterocycles. The third-order valence-corrected chi connectivity index (χ3v) is 1.94. The number of benzene rings is 1. The third kappa shape index (κ3) is 4.52. The molecule has 0 aromatic heterocycles. The van der Waals surface area contributed by atoms with Gasteiger partial charge in [-0.3, -0.25) is 0 Å². The summed E-state index contributed by atoms with van der Waals surface area (Å²) in [5.41, 5.74) is 1.32. The van der Waals surface area contributed by atoms with E-state index in [0.717, 1.165) is 0 Å². The van der Waals surface area contributed by atoms with E-state index in [1.54, 1.807) is 18.2 Å². The van der Waals surface area contributed by atoms with Crippen molar-refractivity contribution in [3.63, 3.8) is 0 Å². The molecule has 0 atom stereocenters. The number of hydrogen-bond donors (Lipinski definition) is 0. The Kier molecular flexibility index (Phi) is 5.76. The Morgan fingerprint density at radius 2 is 2.17 bits per heavy atom. The number of esters is 1. The molecule has 0 N–H and O–H groups in total. The Labute approximate surface area is 107 Å². The number of para-hydroxylation sites is 1. The first-order chi connectivity index (χ1) is 8.77. The van der Waals surface area contributed by atoms with E-state index in [2.05, 4.69) is 27.4 Å². The molecule has 0 aliphatic heterocycles. The fourth-order valence-corrected chi connectivity index (χ4v) is 1.09. The Morgan fingerprint density at radius 1 is 1.39 bits per heavy atom. The van der Waals surface area contributed by atoms with Gasteiger partial charge in [-0.15, -0.1) is 0 Å². The van der Waals surface area contributed by atoms with Crippen molar-refractivity contribution >= 4 is 17.5 Å². The van der Waals surface area contributed by atoms with Crippen LogP contribution in [0.15, 0.2) is 47.5 Å². The van der Waals surface area contributed by atoms with Crippen LogP contribution in [0.5, 0.6) is 0 Å². The number of nitrogens with zero attached hydrogens (tertiary/aromatic N) is 1. The number of ether oxygens (including phenoxy) is 1. The van der Waals surface area contributed by atoms with Crippen molar-refractivity contribution in [2.75, 3.05) is 7.11 Å². The number of carbonyl (C=O) groups excluding carboxylic acids is 1. The van der Waals surface area contributed by atoms with E-state index in [0.29, 0.717) is 11.3 Å². The van der Waals surface area contributed by atoms with Gasteiger partial charge in [0.15, 0.2) is 0 Å². The maximum absolute atomic E-state index is 10.9. The highest BCUT2D eigenvalue weighted by atomic mass is 16.5. The van der Waals surface area contributed by atoms with Crippen molar-refractivity contribution in [3.8, 4) is 11.8 Å². The highest BCUT2D eigenvalue weighted by molar-refractivity contribution is 5.89. The molecule has 18 heavy (non-hydrogen) atoms. The minimum atomic E-state index is -0.571. The highest BCUT2D eigenvalue weighted by Gasteiger charge is 1.96. The van der Waals surface area contributed by atoms with Gasteiger partial charge < -0.3 is 4.74 Å². The minimum Gasteiger partial charge on any atom is -0.459 e. The van der Waals surface area contributed by atoms with E-state index < -0.39 is 5.97 Å². The van der Waals surface area contributed by atoms with Crippen molar-refractivity contribution in [1.82, 2.24) is 0 Å². The number of allylic oxidation sites excluding steroid dienone is 3. The minimum absolute atomic E-state index is 0.571. The maximum atomic E-state index is 10.9. The van der Waals surface area contributed by atoms with Gasteiger partial charge in [0, 0.05) is 5.92 Å². The predicted octanol–water partition coefficient (Wildman–Crippen LogP) is 2.64. The summed E-state index contributed by atoms with van der Waals surface area (Å²) in [4.78, 5) is 15.1. The zero-order valence-electron chi connectivity index (χ0n) is 10.3. The smallest absolute Gasteiger partial charge is 0.384 e. The van der Waals surface area contributed by atoms with Gasteiger partial charge in [0.25, 0.3) is 0 Å². The normalized spacial score (nSPS) is 9.00. The molecule has 1 aromatic carbocycles. The number of rotatable bonds is 2. The molecule has 0 radical (unpaired) electrons. The van der Waals surface area contributed by atoms with Crippen LogP contribution in [0.4, 0.5) is 5.69 Å². The Bertz CT molecular complexity index is 568. The molecule has 3 heteroatoms. The van der Waals surface area contributed by atoms with Crippen molar-refractivity contribution in [1.29, 1.82) is 0 Å². The van der Waals surface area contributed by atoms with Gasteiger partial charge in [-0.05, 0) is 31.0 Å². The fraction of sp³-hybridized carbons (Fsp3) is 0.133. The van der Waals surface area contributed by atoms with Gasteiger partial charge in [-0.2, -0.15) is 0 Å². The second kappa shape index (κ2) is 7.67. The summed E-state index contributed by atoms with van der Waals surface area (Å²) in [6.07, 6.45) is 5.41. The van der Waals surface area contributed by atoms with Crippen LogP contribution in [0.3, 0.4) is 0 Å². The van der Waals surface area contributed by atoms with Crippen molar-refractivity contribution in [2.45, 2.75) is 6.92 Å². The van der Waals surface area contributed by atoms with Gasteiger partial charge in [-0.25, -0.2) is 9.79 Å². The SMILES string of the molecule is C/C=C/C=C=Nc1ccccc1C#CC(=O)OC. The number of methoxy groups -OCH3 is 1. The number of aliphatic imine (C=N–C) groups is 1. The van der Waals surface area contributed by atoms with Crippen LogP contribution in [0.1, 0.15) is 12.5 Å². The molecule has 0 spiro atoms. The van der Waals surface area contributed by atoms with Crippen LogP contribution in [-0.4, -0.2) is 18.9 Å². The largest absolute Gasteiger partial charge is 0.459 e. The number of hydrogen-bond acceptors (Lipinski definition) is 3. The molecule has 1 rings (SSSR count). The van der Waals surface area contributed by atoms with E-state index in [9.17, 15) is 4.79 Å². The molecule has 0 aliphatic carbocycles. The van der Waals surface area contributed by atoms with E-state index in [1.807, 2.05) is 31.2 Å². The van der Waals surface area contributed by atoms with Crippen LogP contribution in [0.2, 0.25) is 0 Å². The van der Waals surface area contributed by atoms with E-state index >= 15 is 0 Å². The molecule has 0 fully saturated rings. The summed E-state index contributed by atoms with van der Waals surface area (Å²) in [5, 5.41) is 0. The zero-order valence-corrected chi connectivity index (χ0v) is 10.3. The molecule has 90 valence electrons. The third-order valence-electron chi connectivity index (χ3n) is 1.94. The summed E-state index contributed by atoms with van der Waals surface area (Å²) in [6.45, 7) is 1.91. The summed E-state index contributed by atoms with van der Waals surface area (Å²) in [5.74, 6) is 7.28. The Hall–Kier alpha value is -2.56. The average molecular weight is 239 g/mol. The van der Waals surface area contributed by atoms with Crippen LogP contribution in [0, 0.1) is 11.8 Å². The standard InChI is InChI=1S/C15H13NO2/c1-3-4-7-12-16-14-9-6-5-8-13(14)10-11-15(17)18-2/h3-9H,1-2H3/b4-3+. The quantitative estimate of drug-likeness (QED) is 0.344. The van der Waals surface area contributed by atoms with Gasteiger partial charge in [0.1, 0.15) is 0 Å². The monoisotopic (exact) mass is 239 g/mol. The van der Waals surface area contributed by atoms with Gasteiger partial charge in [0.05, 0.1) is 18.4 Å². The second-order valence-corrected chi connectivity index (χ2v) is 3.19. The summed E-state index contributed by atoms with van der Waals surface area (Å²) in [6, 6.07) is 7.26. The summed E-state index contributed by atoms with van der Waals surface area (Å²) < 4.78 is 4.45. The molecule has 0 unspecified atom stereocenters. The van der Waals surface area contributed by atoms with Gasteiger partial charge in [0.2, 0.25) is 0 Å². The molecule has 0 saturated carbocycles. The predicted molar refractivity (Wildman–Crippen MR) is 71.8 cm³/mol. The van der Waals surface area contributed by atoms with Crippen molar-refractivity contribution in [3.05, 3.63) is 48.1 Å². The molecule has 0 bridgehead atoms. The summed E-state index contributed by atoms with van der Waals surface area (Å²) in [7, 11) is 1.29. The lowest BCUT2D eigenvalue weighted by Gasteiger charge is -1.94. The molecule has 0 amide bonds. The Balaban J connectivity index is 3.02. The Morgan fingerprint density at radius 3 is 2.89 bits per heavy atom. The van der Waals surface area contributed by atoms with Crippen molar-refractivity contribution < 1.29 is 9.53 Å². The number of carbonyl (C=O) groups is 1. The molecular formula is C15H13NO2. The van der Waals surface area contributed by atoms with Gasteiger partial charge >= 0.3 is 5.97 Å². The van der Waals surface area contributed by atoms with Crippen LogP contribution < -0.4 is 0 Å². The first-order valence-corrected chi connectivity index (χ1v) is 5.37. The molecule has 1 aromatic rings. The highest BCUT2D eigenvalue weighted by Crippen LogP contribution is 2.16. The first kappa shape index (κ1) is 13.5. The first-order valence-electron chi connectivity index (χ1n) is 5.37. The molecule has 0 heterocycles. The molecular weight excluding hydrogens is 226 g/mol. The van der Waals surface area contributed by atoms with Crippen LogP contribution in [0.25, 0.3) is 0 Å². The van der Waals surface area contributed by atoms with E-state index in [-0.39, 0.29) is 0 Å². The molecule has 3 nitrogen and oxygen atoms in total. The molecule has 0 aliphatic rings. The topological polar surface area (TPSA) is 38.7 Å². The second-order valence-electron chi connectivity index (χ2n) is 3.19. The lowest BCUT2D eigenvalue weighted by Crippen LogP contribution is -1.94. The lowest BCUT2D eigenvalue weighted by molar-refractivity contribution is -0.133. The lowest BCUT2D eigenvalue weighted by atomic mass is 10.2. The van der Waals surface area contributed by atoms with Crippen molar-refractivity contribution in [2.24, 2.45) is 4.99 Å². The summed E-state index contributed by atoms with van der Waals surface area (Å²) >= 11 is 0. The van der Waals surface area contributed by atoms with Crippen LogP contribution in [-0.2, 0) is 9.53 Å². The average Bonchev–Trinajstić information content (AvgIpc) is 2.42. The maximum Gasteiger partial charge on any atom is 0.384 e. The van der Waals surface area contributed by atoms with E-state index in [4.69, 9.17) is 0 Å².